The SMILES string of the molecule is NCc1ccc(C(=O)Nc2ccncc2Br)o1. The molecular weight excluding hydrogens is 286 g/mol. The summed E-state index contributed by atoms with van der Waals surface area (Å²) < 4.78 is 5.95. The van der Waals surface area contributed by atoms with Crippen LogP contribution in [0.2, 0.25) is 0 Å². The lowest BCUT2D eigenvalue weighted by Gasteiger charge is -2.04. The van der Waals surface area contributed by atoms with Crippen LogP contribution in [0.5, 0.6) is 0 Å². The van der Waals surface area contributed by atoms with Gasteiger partial charge in [-0.25, -0.2) is 0 Å². The predicted octanol–water partition coefficient (Wildman–Crippen LogP) is 2.15. The van der Waals surface area contributed by atoms with Crippen LogP contribution in [0.3, 0.4) is 0 Å². The highest BCUT2D eigenvalue weighted by Crippen LogP contribution is 2.21. The smallest absolute Gasteiger partial charge is 0.291 e. The van der Waals surface area contributed by atoms with Gasteiger partial charge in [0.05, 0.1) is 16.7 Å². The first kappa shape index (κ1) is 11.8. The second kappa shape index (κ2) is 5.11. The standard InChI is InChI=1S/C11H10BrN3O2/c12-8-6-14-4-3-9(8)15-11(16)10-2-1-7(5-13)17-10/h1-4,6H,5,13H2,(H,14,15,16). The molecule has 5 nitrogen and oxygen atoms in total. The molecule has 3 N–H and O–H groups in total. The highest BCUT2D eigenvalue weighted by atomic mass is 79.9. The number of carbonyl (C=O) groups is 1. The minimum absolute atomic E-state index is 0.231. The first-order chi connectivity index (χ1) is 8.20. The summed E-state index contributed by atoms with van der Waals surface area (Å²) in [6.07, 6.45) is 3.19. The van der Waals surface area contributed by atoms with Crippen LogP contribution in [0, 0.1) is 0 Å². The van der Waals surface area contributed by atoms with Crippen LogP contribution in [0.25, 0.3) is 0 Å². The number of carbonyl (C=O) groups excluding carboxylic acids is 1. The Morgan fingerprint density at radius 3 is 2.94 bits per heavy atom. The number of nitrogens with zero attached hydrogens (tertiary/aromatic N) is 1. The molecule has 0 aliphatic heterocycles. The highest BCUT2D eigenvalue weighted by Gasteiger charge is 2.12. The number of anilines is 1. The molecule has 0 radical (unpaired) electrons. The van der Waals surface area contributed by atoms with Crippen molar-refractivity contribution in [3.05, 3.63) is 46.6 Å². The van der Waals surface area contributed by atoms with Crippen molar-refractivity contribution >= 4 is 27.5 Å². The molecule has 6 heteroatoms. The largest absolute Gasteiger partial charge is 0.455 e. The van der Waals surface area contributed by atoms with E-state index in [1.54, 1.807) is 30.6 Å². The van der Waals surface area contributed by atoms with E-state index >= 15 is 0 Å². The third kappa shape index (κ3) is 2.72. The van der Waals surface area contributed by atoms with Gasteiger partial charge in [-0.05, 0) is 34.1 Å². The summed E-state index contributed by atoms with van der Waals surface area (Å²) in [6, 6.07) is 4.96. The molecule has 0 aliphatic rings. The third-order valence-electron chi connectivity index (χ3n) is 2.11. The lowest BCUT2D eigenvalue weighted by molar-refractivity contribution is 0.0995. The lowest BCUT2D eigenvalue weighted by atomic mass is 10.3. The number of amides is 1. The van der Waals surface area contributed by atoms with Gasteiger partial charge in [0.25, 0.3) is 5.91 Å². The molecule has 0 aliphatic carbocycles. The van der Waals surface area contributed by atoms with E-state index in [9.17, 15) is 4.79 Å². The Morgan fingerprint density at radius 1 is 1.47 bits per heavy atom. The lowest BCUT2D eigenvalue weighted by Crippen LogP contribution is -2.11. The van der Waals surface area contributed by atoms with Crippen molar-refractivity contribution in [1.29, 1.82) is 0 Å². The van der Waals surface area contributed by atoms with Crippen LogP contribution in [-0.2, 0) is 6.54 Å². The first-order valence-corrected chi connectivity index (χ1v) is 5.69. The second-order valence-electron chi connectivity index (χ2n) is 3.28. The number of nitrogens with one attached hydrogen (secondary N) is 1. The molecule has 0 saturated heterocycles. The fourth-order valence-corrected chi connectivity index (χ4v) is 1.62. The van der Waals surface area contributed by atoms with E-state index < -0.39 is 0 Å². The molecule has 0 bridgehead atoms. The molecular formula is C11H10BrN3O2. The van der Waals surface area contributed by atoms with Crippen molar-refractivity contribution in [2.45, 2.75) is 6.54 Å². The van der Waals surface area contributed by atoms with Crippen LogP contribution in [0.15, 0.2) is 39.5 Å². The number of aromatic nitrogens is 1. The Labute approximate surface area is 106 Å². The Bertz CT molecular complexity index is 539. The van der Waals surface area contributed by atoms with Gasteiger partial charge in [-0.15, -0.1) is 0 Å². The summed E-state index contributed by atoms with van der Waals surface area (Å²) in [6.45, 7) is 0.270. The van der Waals surface area contributed by atoms with Crippen molar-refractivity contribution in [1.82, 2.24) is 4.98 Å². The summed E-state index contributed by atoms with van der Waals surface area (Å²) in [5.41, 5.74) is 6.03. The summed E-state index contributed by atoms with van der Waals surface area (Å²) in [4.78, 5) is 15.7. The van der Waals surface area contributed by atoms with Crippen molar-refractivity contribution in [3.8, 4) is 0 Å². The number of nitrogens with two attached hydrogens (primary N) is 1. The molecule has 0 fully saturated rings. The Balaban J connectivity index is 2.14. The monoisotopic (exact) mass is 295 g/mol. The Morgan fingerprint density at radius 2 is 2.29 bits per heavy atom. The van der Waals surface area contributed by atoms with Gasteiger partial charge in [-0.3, -0.25) is 9.78 Å². The predicted molar refractivity (Wildman–Crippen MR) is 66.5 cm³/mol. The van der Waals surface area contributed by atoms with Crippen molar-refractivity contribution < 1.29 is 9.21 Å². The molecule has 0 spiro atoms. The quantitative estimate of drug-likeness (QED) is 0.909. The first-order valence-electron chi connectivity index (χ1n) is 4.90. The second-order valence-corrected chi connectivity index (χ2v) is 4.13. The normalized spacial score (nSPS) is 10.2. The number of hydrogen-bond donors (Lipinski definition) is 2. The summed E-state index contributed by atoms with van der Waals surface area (Å²) in [7, 11) is 0. The molecule has 0 unspecified atom stereocenters. The molecule has 2 rings (SSSR count). The van der Waals surface area contributed by atoms with E-state index in [1.165, 1.54) is 0 Å². The Hall–Kier alpha value is -1.66. The molecule has 0 saturated carbocycles. The van der Waals surface area contributed by atoms with E-state index in [1.807, 2.05) is 0 Å². The van der Waals surface area contributed by atoms with Crippen LogP contribution < -0.4 is 11.1 Å². The van der Waals surface area contributed by atoms with Crippen LogP contribution in [0.1, 0.15) is 16.3 Å². The highest BCUT2D eigenvalue weighted by molar-refractivity contribution is 9.10. The zero-order valence-corrected chi connectivity index (χ0v) is 10.4. The van der Waals surface area contributed by atoms with Crippen molar-refractivity contribution in [2.75, 3.05) is 5.32 Å². The Kier molecular flexibility index (Phi) is 3.55. The van der Waals surface area contributed by atoms with Gasteiger partial charge in [0, 0.05) is 12.4 Å². The van der Waals surface area contributed by atoms with Gasteiger partial charge in [0.1, 0.15) is 5.76 Å². The van der Waals surface area contributed by atoms with E-state index in [2.05, 4.69) is 26.2 Å². The number of pyridine rings is 1. The molecule has 1 amide bonds. The maximum Gasteiger partial charge on any atom is 0.291 e. The minimum atomic E-state index is -0.323. The van der Waals surface area contributed by atoms with E-state index in [0.717, 1.165) is 0 Å². The van der Waals surface area contributed by atoms with Gasteiger partial charge >= 0.3 is 0 Å². The summed E-state index contributed by atoms with van der Waals surface area (Å²) in [5, 5.41) is 2.70. The summed E-state index contributed by atoms with van der Waals surface area (Å²) >= 11 is 3.29. The fourth-order valence-electron chi connectivity index (χ4n) is 1.27. The minimum Gasteiger partial charge on any atom is -0.455 e. The fraction of sp³-hybridized carbons (Fsp3) is 0.0909. The maximum atomic E-state index is 11.8. The van der Waals surface area contributed by atoms with E-state index in [0.29, 0.717) is 15.9 Å². The number of furan rings is 1. The molecule has 2 heterocycles. The molecule has 0 aromatic carbocycles. The van der Waals surface area contributed by atoms with Crippen molar-refractivity contribution in [2.24, 2.45) is 5.73 Å². The number of hydrogen-bond acceptors (Lipinski definition) is 4. The van der Waals surface area contributed by atoms with E-state index in [-0.39, 0.29) is 18.2 Å². The zero-order chi connectivity index (χ0) is 12.3. The van der Waals surface area contributed by atoms with Crippen LogP contribution >= 0.6 is 15.9 Å². The summed E-state index contributed by atoms with van der Waals surface area (Å²) in [5.74, 6) is 0.481. The van der Waals surface area contributed by atoms with Crippen LogP contribution in [-0.4, -0.2) is 10.9 Å². The molecule has 2 aromatic heterocycles. The van der Waals surface area contributed by atoms with Gasteiger partial charge in [-0.2, -0.15) is 0 Å². The zero-order valence-electron chi connectivity index (χ0n) is 8.81. The average molecular weight is 296 g/mol. The van der Waals surface area contributed by atoms with Gasteiger partial charge < -0.3 is 15.5 Å². The van der Waals surface area contributed by atoms with Gasteiger partial charge in [0.2, 0.25) is 0 Å². The van der Waals surface area contributed by atoms with Crippen LogP contribution in [0.4, 0.5) is 5.69 Å². The van der Waals surface area contributed by atoms with Gasteiger partial charge in [0.15, 0.2) is 5.76 Å². The maximum absolute atomic E-state index is 11.8. The topological polar surface area (TPSA) is 81.2 Å². The molecule has 2 aromatic rings. The molecule has 88 valence electrons. The average Bonchev–Trinajstić information content (AvgIpc) is 2.81. The third-order valence-corrected chi connectivity index (χ3v) is 2.74. The molecule has 0 atom stereocenters. The van der Waals surface area contributed by atoms with Crippen molar-refractivity contribution in [3.63, 3.8) is 0 Å². The number of halogens is 1. The number of rotatable bonds is 3. The molecule has 17 heavy (non-hydrogen) atoms. The van der Waals surface area contributed by atoms with Gasteiger partial charge in [-0.1, -0.05) is 0 Å². The van der Waals surface area contributed by atoms with E-state index in [4.69, 9.17) is 10.2 Å².